The van der Waals surface area contributed by atoms with Crippen molar-refractivity contribution in [3.8, 4) is 0 Å². The van der Waals surface area contributed by atoms with E-state index in [1.54, 1.807) is 0 Å². The Morgan fingerprint density at radius 1 is 1.29 bits per heavy atom. The zero-order valence-corrected chi connectivity index (χ0v) is 8.37. The van der Waals surface area contributed by atoms with Crippen LogP contribution in [0.3, 0.4) is 0 Å². The Kier molecular flexibility index (Phi) is 3.87. The van der Waals surface area contributed by atoms with Gasteiger partial charge in [0.25, 0.3) is 5.69 Å². The van der Waals surface area contributed by atoms with Crippen LogP contribution in [-0.4, -0.2) is 23.8 Å². The van der Waals surface area contributed by atoms with Crippen LogP contribution in [0, 0.1) is 10.1 Å². The molecule has 1 rings (SSSR count). The van der Waals surface area contributed by atoms with E-state index in [0.29, 0.717) is 0 Å². The highest BCUT2D eigenvalue weighted by Gasteiger charge is 2.40. The number of nitrogens with zero attached hydrogens (tertiary/aromatic N) is 1. The lowest BCUT2D eigenvalue weighted by molar-refractivity contribution is -0.384. The molecular formula is C9H8F4N2O2. The van der Waals surface area contributed by atoms with Gasteiger partial charge in [-0.05, 0) is 12.1 Å². The SMILES string of the molecule is O=[N+]([O-])c1ccc(NCC(F)(F)C(F)F)cc1. The number of nitrogens with one attached hydrogen (secondary N) is 1. The number of hydrogen-bond donors (Lipinski definition) is 1. The number of halogens is 4. The predicted octanol–water partition coefficient (Wildman–Crippen LogP) is 2.91. The Morgan fingerprint density at radius 2 is 1.82 bits per heavy atom. The molecule has 0 amide bonds. The topological polar surface area (TPSA) is 55.2 Å². The lowest BCUT2D eigenvalue weighted by Crippen LogP contribution is -2.34. The van der Waals surface area contributed by atoms with Gasteiger partial charge in [0.15, 0.2) is 0 Å². The molecule has 17 heavy (non-hydrogen) atoms. The zero-order valence-electron chi connectivity index (χ0n) is 8.37. The van der Waals surface area contributed by atoms with Gasteiger partial charge < -0.3 is 5.32 Å². The van der Waals surface area contributed by atoms with Gasteiger partial charge in [-0.3, -0.25) is 10.1 Å². The van der Waals surface area contributed by atoms with Crippen molar-refractivity contribution < 1.29 is 22.5 Å². The van der Waals surface area contributed by atoms with Gasteiger partial charge >= 0.3 is 12.3 Å². The van der Waals surface area contributed by atoms with Crippen LogP contribution in [0.2, 0.25) is 0 Å². The largest absolute Gasteiger partial charge is 0.379 e. The molecule has 0 spiro atoms. The van der Waals surface area contributed by atoms with Crippen molar-refractivity contribution in [2.24, 2.45) is 0 Å². The molecule has 0 saturated carbocycles. The van der Waals surface area contributed by atoms with Crippen LogP contribution in [0.1, 0.15) is 0 Å². The molecule has 0 atom stereocenters. The Labute approximate surface area is 93.4 Å². The molecule has 0 aliphatic heterocycles. The van der Waals surface area contributed by atoms with E-state index in [0.717, 1.165) is 12.1 Å². The maximum atomic E-state index is 12.5. The summed E-state index contributed by atoms with van der Waals surface area (Å²) in [6, 6.07) is 4.51. The number of benzene rings is 1. The van der Waals surface area contributed by atoms with Gasteiger partial charge in [0.2, 0.25) is 0 Å². The van der Waals surface area contributed by atoms with Crippen molar-refractivity contribution in [3.05, 3.63) is 34.4 Å². The van der Waals surface area contributed by atoms with Crippen molar-refractivity contribution in [2.75, 3.05) is 11.9 Å². The van der Waals surface area contributed by atoms with Crippen molar-refractivity contribution in [1.82, 2.24) is 0 Å². The van der Waals surface area contributed by atoms with E-state index in [4.69, 9.17) is 0 Å². The number of hydrogen-bond acceptors (Lipinski definition) is 3. The molecule has 94 valence electrons. The van der Waals surface area contributed by atoms with Crippen LogP contribution in [0.25, 0.3) is 0 Å². The Bertz CT molecular complexity index is 394. The number of alkyl halides is 4. The molecule has 0 heterocycles. The van der Waals surface area contributed by atoms with E-state index in [-0.39, 0.29) is 11.4 Å². The molecule has 1 N–H and O–H groups in total. The molecule has 8 heteroatoms. The number of rotatable bonds is 5. The molecule has 4 nitrogen and oxygen atoms in total. The average molecular weight is 252 g/mol. The third kappa shape index (κ3) is 3.58. The first kappa shape index (κ1) is 13.2. The third-order valence-corrected chi connectivity index (χ3v) is 1.93. The van der Waals surface area contributed by atoms with Crippen molar-refractivity contribution in [1.29, 1.82) is 0 Å². The van der Waals surface area contributed by atoms with Crippen LogP contribution in [0.4, 0.5) is 28.9 Å². The second-order valence-corrected chi connectivity index (χ2v) is 3.22. The van der Waals surface area contributed by atoms with Gasteiger partial charge in [-0.2, -0.15) is 8.78 Å². The quantitative estimate of drug-likeness (QED) is 0.498. The van der Waals surface area contributed by atoms with Crippen molar-refractivity contribution >= 4 is 11.4 Å². The van der Waals surface area contributed by atoms with Gasteiger partial charge in [0, 0.05) is 17.8 Å². The van der Waals surface area contributed by atoms with Gasteiger partial charge in [0.1, 0.15) is 0 Å². The molecule has 0 aliphatic carbocycles. The number of non-ortho nitro benzene ring substituents is 1. The summed E-state index contributed by atoms with van der Waals surface area (Å²) in [5.74, 6) is -4.14. The van der Waals surface area contributed by atoms with Crippen LogP contribution < -0.4 is 5.32 Å². The monoisotopic (exact) mass is 252 g/mol. The first-order valence-corrected chi connectivity index (χ1v) is 4.47. The predicted molar refractivity (Wildman–Crippen MR) is 52.5 cm³/mol. The fourth-order valence-corrected chi connectivity index (χ4v) is 0.998. The van der Waals surface area contributed by atoms with Gasteiger partial charge in [-0.25, -0.2) is 8.78 Å². The second kappa shape index (κ2) is 4.98. The summed E-state index contributed by atoms with van der Waals surface area (Å²) < 4.78 is 48.6. The van der Waals surface area contributed by atoms with Crippen molar-refractivity contribution in [2.45, 2.75) is 12.3 Å². The lowest BCUT2D eigenvalue weighted by atomic mass is 10.2. The van der Waals surface area contributed by atoms with E-state index < -0.39 is 23.8 Å². The van der Waals surface area contributed by atoms with Crippen LogP contribution in [0.5, 0.6) is 0 Å². The fourth-order valence-electron chi connectivity index (χ4n) is 0.998. The molecule has 0 radical (unpaired) electrons. The lowest BCUT2D eigenvalue weighted by Gasteiger charge is -2.16. The van der Waals surface area contributed by atoms with E-state index in [2.05, 4.69) is 5.32 Å². The number of anilines is 1. The Hall–Kier alpha value is -1.86. The first-order valence-electron chi connectivity index (χ1n) is 4.47. The highest BCUT2D eigenvalue weighted by atomic mass is 19.3. The summed E-state index contributed by atoms with van der Waals surface area (Å²) in [7, 11) is 0. The van der Waals surface area contributed by atoms with Gasteiger partial charge in [0.05, 0.1) is 11.5 Å². The molecule has 0 aliphatic rings. The van der Waals surface area contributed by atoms with E-state index in [9.17, 15) is 27.7 Å². The molecule has 0 fully saturated rings. The second-order valence-electron chi connectivity index (χ2n) is 3.22. The normalized spacial score (nSPS) is 11.6. The molecule has 0 saturated heterocycles. The molecule has 1 aromatic rings. The number of nitro benzene ring substituents is 1. The van der Waals surface area contributed by atoms with Crippen LogP contribution in [0.15, 0.2) is 24.3 Å². The maximum Gasteiger partial charge on any atom is 0.324 e. The third-order valence-electron chi connectivity index (χ3n) is 1.93. The molecule has 0 aromatic heterocycles. The highest BCUT2D eigenvalue weighted by Crippen LogP contribution is 2.24. The maximum absolute atomic E-state index is 12.5. The van der Waals surface area contributed by atoms with Gasteiger partial charge in [-0.1, -0.05) is 0 Å². The van der Waals surface area contributed by atoms with Gasteiger partial charge in [-0.15, -0.1) is 0 Å². The average Bonchev–Trinajstić information content (AvgIpc) is 2.27. The summed E-state index contributed by atoms with van der Waals surface area (Å²) in [6.07, 6.45) is -3.76. The smallest absolute Gasteiger partial charge is 0.324 e. The summed E-state index contributed by atoms with van der Waals surface area (Å²) in [5.41, 5.74) is -0.105. The molecular weight excluding hydrogens is 244 g/mol. The molecule has 1 aromatic carbocycles. The summed E-state index contributed by atoms with van der Waals surface area (Å²) in [4.78, 5) is 9.63. The van der Waals surface area contributed by atoms with E-state index in [1.165, 1.54) is 12.1 Å². The first-order chi connectivity index (χ1) is 7.83. The Morgan fingerprint density at radius 3 is 2.24 bits per heavy atom. The molecule has 0 unspecified atom stereocenters. The number of nitro groups is 1. The minimum atomic E-state index is -4.14. The minimum Gasteiger partial charge on any atom is -0.379 e. The fraction of sp³-hybridized carbons (Fsp3) is 0.333. The summed E-state index contributed by atoms with van der Waals surface area (Å²) >= 11 is 0. The zero-order chi connectivity index (χ0) is 13.1. The van der Waals surface area contributed by atoms with Crippen molar-refractivity contribution in [3.63, 3.8) is 0 Å². The van der Waals surface area contributed by atoms with Crippen LogP contribution in [-0.2, 0) is 0 Å². The Balaban J connectivity index is 2.62. The van der Waals surface area contributed by atoms with E-state index >= 15 is 0 Å². The summed E-state index contributed by atoms with van der Waals surface area (Å²) in [6.45, 7) is -1.23. The highest BCUT2D eigenvalue weighted by molar-refractivity contribution is 5.48. The standard InChI is InChI=1S/C9H8F4N2O2/c10-8(11)9(12,13)5-14-6-1-3-7(4-2-6)15(16)17/h1-4,8,14H,5H2. The minimum absolute atomic E-state index is 0.107. The molecule has 0 bridgehead atoms. The summed E-state index contributed by atoms with van der Waals surface area (Å²) in [5, 5.41) is 12.4. The van der Waals surface area contributed by atoms with Crippen LogP contribution >= 0.6 is 0 Å². The van der Waals surface area contributed by atoms with E-state index in [1.807, 2.05) is 0 Å².